The molecule has 7 heteroatoms. The van der Waals surface area contributed by atoms with Gasteiger partial charge in [0.25, 0.3) is 5.91 Å². The molecule has 4 aromatic rings. The van der Waals surface area contributed by atoms with Crippen LogP contribution in [-0.4, -0.2) is 26.4 Å². The highest BCUT2D eigenvalue weighted by Gasteiger charge is 2.32. The molecule has 0 radical (unpaired) electrons. The van der Waals surface area contributed by atoms with Crippen LogP contribution >= 0.6 is 11.6 Å². The van der Waals surface area contributed by atoms with E-state index in [1.165, 1.54) is 12.1 Å². The number of carbonyl (C=O) groups excluding carboxylic acids is 1. The average molecular weight is 395 g/mol. The lowest BCUT2D eigenvalue weighted by Gasteiger charge is -2.33. The number of halogens is 2. The molecule has 0 spiro atoms. The van der Waals surface area contributed by atoms with E-state index in [2.05, 4.69) is 11.9 Å². The van der Waals surface area contributed by atoms with E-state index < -0.39 is 5.82 Å². The fraction of sp³-hybridized carbons (Fsp3) is 0.143. The van der Waals surface area contributed by atoms with Crippen LogP contribution < -0.4 is 4.90 Å². The molecule has 0 fully saturated rings. The topological polar surface area (TPSA) is 42.5 Å². The zero-order valence-electron chi connectivity index (χ0n) is 15.0. The Balaban J connectivity index is 1.62. The molecule has 1 amide bonds. The zero-order valence-corrected chi connectivity index (χ0v) is 15.8. The number of rotatable bonds is 2. The van der Waals surface area contributed by atoms with Gasteiger partial charge in [-0.3, -0.25) is 4.79 Å². The van der Waals surface area contributed by atoms with Crippen LogP contribution in [0, 0.1) is 5.82 Å². The minimum absolute atomic E-state index is 0.00434. The Morgan fingerprint density at radius 1 is 1.18 bits per heavy atom. The lowest BCUT2D eigenvalue weighted by atomic mass is 10.0. The lowest BCUT2D eigenvalue weighted by Crippen LogP contribution is -2.42. The van der Waals surface area contributed by atoms with Crippen molar-refractivity contribution in [1.82, 2.24) is 14.0 Å². The van der Waals surface area contributed by atoms with Crippen molar-refractivity contribution >= 4 is 28.8 Å². The van der Waals surface area contributed by atoms with Gasteiger partial charge in [0.15, 0.2) is 0 Å². The molecule has 140 valence electrons. The Morgan fingerprint density at radius 3 is 2.86 bits per heavy atom. The number of fused-ring (bicyclic) bond motifs is 2. The quantitative estimate of drug-likeness (QED) is 0.489. The van der Waals surface area contributed by atoms with Gasteiger partial charge >= 0.3 is 0 Å². The van der Waals surface area contributed by atoms with Gasteiger partial charge in [-0.05, 0) is 43.3 Å². The van der Waals surface area contributed by atoms with E-state index in [0.29, 0.717) is 17.9 Å². The van der Waals surface area contributed by atoms with Crippen molar-refractivity contribution in [2.75, 3.05) is 11.4 Å². The molecular weight excluding hydrogens is 379 g/mol. The maximum atomic E-state index is 13.6. The number of hydrogen-bond acceptors (Lipinski definition) is 2. The molecule has 0 aliphatic carbocycles. The number of anilines is 1. The smallest absolute Gasteiger partial charge is 0.275 e. The Kier molecular flexibility index (Phi) is 3.77. The lowest BCUT2D eigenvalue weighted by molar-refractivity contribution is 0.0958. The molecule has 0 saturated heterocycles. The third kappa shape index (κ3) is 2.52. The summed E-state index contributed by atoms with van der Waals surface area (Å²) in [7, 11) is 0. The van der Waals surface area contributed by atoms with Crippen LogP contribution in [-0.2, 0) is 0 Å². The molecular formula is C21H16ClFN4O. The van der Waals surface area contributed by atoms with Gasteiger partial charge in [0, 0.05) is 54.2 Å². The second-order valence-electron chi connectivity index (χ2n) is 6.96. The normalized spacial score (nSPS) is 16.6. The average Bonchev–Trinajstić information content (AvgIpc) is 3.33. The number of benzene rings is 1. The predicted molar refractivity (Wildman–Crippen MR) is 106 cm³/mol. The minimum Gasteiger partial charge on any atom is -0.338 e. The van der Waals surface area contributed by atoms with Crippen LogP contribution in [0.4, 0.5) is 10.1 Å². The van der Waals surface area contributed by atoms with Gasteiger partial charge in [0.05, 0.1) is 5.02 Å². The first-order valence-electron chi connectivity index (χ1n) is 8.94. The molecule has 3 aromatic heterocycles. The van der Waals surface area contributed by atoms with Crippen LogP contribution in [0.5, 0.6) is 0 Å². The van der Waals surface area contributed by atoms with Crippen molar-refractivity contribution in [2.45, 2.75) is 13.0 Å². The van der Waals surface area contributed by atoms with Gasteiger partial charge < -0.3 is 13.9 Å². The van der Waals surface area contributed by atoms with Gasteiger partial charge in [-0.15, -0.1) is 0 Å². The number of nitrogens with zero attached hydrogens (tertiary/aromatic N) is 4. The Morgan fingerprint density at radius 2 is 2.04 bits per heavy atom. The number of aromatic nitrogens is 3. The van der Waals surface area contributed by atoms with Crippen LogP contribution in [0.15, 0.2) is 61.2 Å². The first kappa shape index (κ1) is 17.0. The molecule has 0 saturated carbocycles. The highest BCUT2D eigenvalue weighted by molar-refractivity contribution is 6.31. The summed E-state index contributed by atoms with van der Waals surface area (Å²) >= 11 is 5.94. The largest absolute Gasteiger partial charge is 0.338 e. The Hall–Kier alpha value is -3.12. The van der Waals surface area contributed by atoms with E-state index in [1.54, 1.807) is 17.2 Å². The third-order valence-corrected chi connectivity index (χ3v) is 5.49. The number of hydrogen-bond donors (Lipinski definition) is 0. The summed E-state index contributed by atoms with van der Waals surface area (Å²) in [4.78, 5) is 19.3. The summed E-state index contributed by atoms with van der Waals surface area (Å²) in [6, 6.07) is 10.3. The van der Waals surface area contributed by atoms with Crippen molar-refractivity contribution < 1.29 is 9.18 Å². The van der Waals surface area contributed by atoms with Gasteiger partial charge in [-0.2, -0.15) is 0 Å². The second-order valence-corrected chi connectivity index (χ2v) is 7.37. The highest BCUT2D eigenvalue weighted by Crippen LogP contribution is 2.35. The summed E-state index contributed by atoms with van der Waals surface area (Å²) in [5.74, 6) is -0.632. The van der Waals surface area contributed by atoms with E-state index in [9.17, 15) is 9.18 Å². The fourth-order valence-electron chi connectivity index (χ4n) is 3.79. The summed E-state index contributed by atoms with van der Waals surface area (Å²) in [6.45, 7) is 2.54. The first-order chi connectivity index (χ1) is 13.5. The van der Waals surface area contributed by atoms with Gasteiger partial charge in [-0.1, -0.05) is 11.6 Å². The number of imidazole rings is 1. The Bertz CT molecular complexity index is 1230. The maximum absolute atomic E-state index is 13.6. The summed E-state index contributed by atoms with van der Waals surface area (Å²) in [6.07, 6.45) is 7.52. The summed E-state index contributed by atoms with van der Waals surface area (Å²) < 4.78 is 17.5. The molecule has 5 nitrogen and oxygen atoms in total. The predicted octanol–water partition coefficient (Wildman–Crippen LogP) is 4.82. The van der Waals surface area contributed by atoms with Crippen molar-refractivity contribution in [3.63, 3.8) is 0 Å². The number of carbonyl (C=O) groups is 1. The minimum atomic E-state index is -0.499. The maximum Gasteiger partial charge on any atom is 0.275 e. The fourth-order valence-corrected chi connectivity index (χ4v) is 3.97. The van der Waals surface area contributed by atoms with Crippen molar-refractivity contribution in [1.29, 1.82) is 0 Å². The zero-order chi connectivity index (χ0) is 19.4. The van der Waals surface area contributed by atoms with E-state index in [1.807, 2.05) is 45.8 Å². The Labute approximate surface area is 165 Å². The number of amides is 1. The molecule has 5 rings (SSSR count). The standard InChI is InChI=1S/C21H16ClFN4O/c1-13-11-27(15-3-4-18(23)17(22)10-15)21(28)20-16(6-8-26(13)20)14-2-5-19-24-7-9-25(19)12-14/h2-10,12-13H,11H2,1H3/t13-/m0/s1. The third-order valence-electron chi connectivity index (χ3n) is 5.20. The van der Waals surface area contributed by atoms with Crippen LogP contribution in [0.3, 0.4) is 0 Å². The molecule has 4 heterocycles. The van der Waals surface area contributed by atoms with Crippen LogP contribution in [0.25, 0.3) is 16.8 Å². The summed E-state index contributed by atoms with van der Waals surface area (Å²) in [5, 5.41) is 0.00434. The SMILES string of the molecule is C[C@H]1CN(c2ccc(F)c(Cl)c2)C(=O)c2c(-c3ccc4nccn4c3)ccn21. The molecule has 0 bridgehead atoms. The van der Waals surface area contributed by atoms with E-state index in [4.69, 9.17) is 11.6 Å². The molecule has 1 aromatic carbocycles. The van der Waals surface area contributed by atoms with E-state index in [-0.39, 0.29) is 17.0 Å². The monoisotopic (exact) mass is 394 g/mol. The molecule has 0 N–H and O–H groups in total. The van der Waals surface area contributed by atoms with E-state index in [0.717, 1.165) is 16.8 Å². The van der Waals surface area contributed by atoms with Crippen molar-refractivity contribution in [3.8, 4) is 11.1 Å². The summed E-state index contributed by atoms with van der Waals surface area (Å²) in [5.41, 5.74) is 3.83. The molecule has 0 unspecified atom stereocenters. The van der Waals surface area contributed by atoms with Gasteiger partial charge in [-0.25, -0.2) is 9.37 Å². The van der Waals surface area contributed by atoms with Crippen LogP contribution in [0.1, 0.15) is 23.5 Å². The molecule has 1 aliphatic heterocycles. The van der Waals surface area contributed by atoms with Crippen molar-refractivity contribution in [3.05, 3.63) is 77.7 Å². The molecule has 1 atom stereocenters. The van der Waals surface area contributed by atoms with Crippen LogP contribution in [0.2, 0.25) is 5.02 Å². The van der Waals surface area contributed by atoms with E-state index >= 15 is 0 Å². The van der Waals surface area contributed by atoms with Gasteiger partial charge in [0.1, 0.15) is 17.2 Å². The second kappa shape index (κ2) is 6.21. The van der Waals surface area contributed by atoms with Crippen molar-refractivity contribution in [2.24, 2.45) is 0 Å². The first-order valence-corrected chi connectivity index (χ1v) is 9.31. The highest BCUT2D eigenvalue weighted by atomic mass is 35.5. The molecule has 1 aliphatic rings. The van der Waals surface area contributed by atoms with Gasteiger partial charge in [0.2, 0.25) is 0 Å². The molecule has 28 heavy (non-hydrogen) atoms. The number of pyridine rings is 1.